The molecule has 2 amide bonds. The fourth-order valence-electron chi connectivity index (χ4n) is 2.17. The molecule has 0 bridgehead atoms. The number of hydrogen-bond donors (Lipinski definition) is 3. The Bertz CT molecular complexity index is 465. The monoisotopic (exact) mass is 282 g/mol. The summed E-state index contributed by atoms with van der Waals surface area (Å²) in [6.07, 6.45) is 2.03. The van der Waals surface area contributed by atoms with Crippen molar-refractivity contribution in [2.24, 2.45) is 0 Å². The summed E-state index contributed by atoms with van der Waals surface area (Å²) < 4.78 is 10.3. The summed E-state index contributed by atoms with van der Waals surface area (Å²) in [5.74, 6) is -0.432. The van der Waals surface area contributed by atoms with Crippen LogP contribution in [0.2, 0.25) is 0 Å². The molecule has 1 aliphatic rings. The first-order valence-electron chi connectivity index (χ1n) is 6.47. The first-order valence-corrected chi connectivity index (χ1v) is 6.47. The smallest absolute Gasteiger partial charge is 0.329 e. The van der Waals surface area contributed by atoms with Gasteiger partial charge in [0.25, 0.3) is 0 Å². The first kappa shape index (κ1) is 14.4. The van der Waals surface area contributed by atoms with Crippen molar-refractivity contribution in [3.05, 3.63) is 24.2 Å². The SMILES string of the molecule is CC(NC(=O)NC1(C(=O)O)CCOCC1)c1ccco1. The van der Waals surface area contributed by atoms with E-state index in [2.05, 4.69) is 10.6 Å². The zero-order chi connectivity index (χ0) is 14.6. The molecule has 1 unspecified atom stereocenters. The van der Waals surface area contributed by atoms with Crippen LogP contribution in [0.3, 0.4) is 0 Å². The Labute approximate surface area is 116 Å². The summed E-state index contributed by atoms with van der Waals surface area (Å²) in [7, 11) is 0. The molecule has 1 aliphatic heterocycles. The van der Waals surface area contributed by atoms with Crippen LogP contribution in [0.25, 0.3) is 0 Å². The van der Waals surface area contributed by atoms with Gasteiger partial charge in [-0.2, -0.15) is 0 Å². The Morgan fingerprint density at radius 3 is 2.65 bits per heavy atom. The van der Waals surface area contributed by atoms with Gasteiger partial charge < -0.3 is 24.9 Å². The summed E-state index contributed by atoms with van der Waals surface area (Å²) in [5, 5.41) is 14.6. The second-order valence-corrected chi connectivity index (χ2v) is 4.84. The summed E-state index contributed by atoms with van der Waals surface area (Å²) in [6, 6.07) is 2.60. The Hall–Kier alpha value is -2.02. The van der Waals surface area contributed by atoms with E-state index in [1.807, 2.05) is 0 Å². The molecule has 1 aromatic rings. The summed E-state index contributed by atoms with van der Waals surface area (Å²) in [6.45, 7) is 2.40. The van der Waals surface area contributed by atoms with Gasteiger partial charge in [0.05, 0.1) is 12.3 Å². The minimum Gasteiger partial charge on any atom is -0.480 e. The van der Waals surface area contributed by atoms with E-state index < -0.39 is 17.5 Å². The van der Waals surface area contributed by atoms with Crippen LogP contribution < -0.4 is 10.6 Å². The quantitative estimate of drug-likeness (QED) is 0.772. The Morgan fingerprint density at radius 2 is 2.10 bits per heavy atom. The lowest BCUT2D eigenvalue weighted by Gasteiger charge is -2.34. The fraction of sp³-hybridized carbons (Fsp3) is 0.538. The summed E-state index contributed by atoms with van der Waals surface area (Å²) in [5.41, 5.74) is -1.26. The van der Waals surface area contributed by atoms with E-state index in [1.165, 1.54) is 6.26 Å². The fourth-order valence-corrected chi connectivity index (χ4v) is 2.17. The molecule has 2 rings (SSSR count). The lowest BCUT2D eigenvalue weighted by Crippen LogP contribution is -2.59. The highest BCUT2D eigenvalue weighted by atomic mass is 16.5. The van der Waals surface area contributed by atoms with Crippen LogP contribution in [0, 0.1) is 0 Å². The van der Waals surface area contributed by atoms with Crippen molar-refractivity contribution in [2.45, 2.75) is 31.3 Å². The van der Waals surface area contributed by atoms with Crippen molar-refractivity contribution in [1.82, 2.24) is 10.6 Å². The lowest BCUT2D eigenvalue weighted by molar-refractivity contribution is -0.148. The van der Waals surface area contributed by atoms with Gasteiger partial charge in [0.15, 0.2) is 0 Å². The van der Waals surface area contributed by atoms with Crippen molar-refractivity contribution in [3.8, 4) is 0 Å². The molecule has 1 atom stereocenters. The van der Waals surface area contributed by atoms with Gasteiger partial charge in [-0.05, 0) is 19.1 Å². The lowest BCUT2D eigenvalue weighted by atomic mass is 9.90. The number of carboxylic acid groups (broad SMARTS) is 1. The molecule has 1 aromatic heterocycles. The number of ether oxygens (including phenoxy) is 1. The zero-order valence-corrected chi connectivity index (χ0v) is 11.2. The molecule has 0 radical (unpaired) electrons. The second kappa shape index (κ2) is 5.96. The molecule has 20 heavy (non-hydrogen) atoms. The van der Waals surface area contributed by atoms with Crippen LogP contribution in [0.1, 0.15) is 31.6 Å². The first-order chi connectivity index (χ1) is 9.53. The molecule has 110 valence electrons. The maximum atomic E-state index is 12.0. The van der Waals surface area contributed by atoms with Gasteiger partial charge in [-0.15, -0.1) is 0 Å². The number of hydrogen-bond acceptors (Lipinski definition) is 4. The summed E-state index contributed by atoms with van der Waals surface area (Å²) >= 11 is 0. The minimum atomic E-state index is -1.26. The highest BCUT2D eigenvalue weighted by Crippen LogP contribution is 2.21. The van der Waals surface area contributed by atoms with Crippen LogP contribution in [0.5, 0.6) is 0 Å². The average Bonchev–Trinajstić information content (AvgIpc) is 2.93. The van der Waals surface area contributed by atoms with Crippen LogP contribution >= 0.6 is 0 Å². The van der Waals surface area contributed by atoms with Crippen LogP contribution in [0.4, 0.5) is 4.79 Å². The number of carbonyl (C=O) groups is 2. The molecule has 1 saturated heterocycles. The Kier molecular flexibility index (Phi) is 4.29. The summed E-state index contributed by atoms with van der Waals surface area (Å²) in [4.78, 5) is 23.4. The largest absolute Gasteiger partial charge is 0.480 e. The predicted molar refractivity (Wildman–Crippen MR) is 69.2 cm³/mol. The van der Waals surface area contributed by atoms with Gasteiger partial charge in [0.2, 0.25) is 0 Å². The van der Waals surface area contributed by atoms with Gasteiger partial charge in [-0.25, -0.2) is 9.59 Å². The number of carbonyl (C=O) groups excluding carboxylic acids is 1. The van der Waals surface area contributed by atoms with Crippen LogP contribution in [-0.2, 0) is 9.53 Å². The molecular formula is C13H18N2O5. The molecule has 7 heteroatoms. The third-order valence-corrected chi connectivity index (χ3v) is 3.43. The number of carboxylic acids is 1. The molecule has 1 fully saturated rings. The maximum Gasteiger partial charge on any atom is 0.329 e. The Balaban J connectivity index is 1.97. The van der Waals surface area contributed by atoms with Gasteiger partial charge in [0.1, 0.15) is 11.3 Å². The van der Waals surface area contributed by atoms with E-state index >= 15 is 0 Å². The van der Waals surface area contributed by atoms with Crippen molar-refractivity contribution in [2.75, 3.05) is 13.2 Å². The zero-order valence-electron chi connectivity index (χ0n) is 11.2. The molecule has 0 aliphatic carbocycles. The highest BCUT2D eigenvalue weighted by molar-refractivity contribution is 5.86. The average molecular weight is 282 g/mol. The minimum absolute atomic E-state index is 0.255. The van der Waals surface area contributed by atoms with Gasteiger partial charge in [-0.3, -0.25) is 0 Å². The van der Waals surface area contributed by atoms with E-state index in [9.17, 15) is 14.7 Å². The van der Waals surface area contributed by atoms with Gasteiger partial charge >= 0.3 is 12.0 Å². The number of amides is 2. The molecule has 2 heterocycles. The number of rotatable bonds is 4. The predicted octanol–water partition coefficient (Wildman–Crippen LogP) is 1.27. The second-order valence-electron chi connectivity index (χ2n) is 4.84. The van der Waals surface area contributed by atoms with Crippen LogP contribution in [0.15, 0.2) is 22.8 Å². The molecule has 3 N–H and O–H groups in total. The van der Waals surface area contributed by atoms with E-state index in [-0.39, 0.29) is 18.9 Å². The number of urea groups is 1. The third kappa shape index (κ3) is 3.11. The van der Waals surface area contributed by atoms with Crippen molar-refractivity contribution in [1.29, 1.82) is 0 Å². The van der Waals surface area contributed by atoms with E-state index in [4.69, 9.17) is 9.15 Å². The number of nitrogens with one attached hydrogen (secondary N) is 2. The molecule has 0 saturated carbocycles. The normalized spacial score (nSPS) is 19.1. The third-order valence-electron chi connectivity index (χ3n) is 3.43. The number of furan rings is 1. The standard InChI is InChI=1S/C13H18N2O5/c1-9(10-3-2-6-20-10)14-12(18)15-13(11(16)17)4-7-19-8-5-13/h2-3,6,9H,4-5,7-8H2,1H3,(H,16,17)(H2,14,15,18). The van der Waals surface area contributed by atoms with Crippen molar-refractivity contribution >= 4 is 12.0 Å². The molecule has 0 spiro atoms. The van der Waals surface area contributed by atoms with E-state index in [0.717, 1.165) is 0 Å². The topological polar surface area (TPSA) is 101 Å². The van der Waals surface area contributed by atoms with E-state index in [0.29, 0.717) is 19.0 Å². The molecule has 7 nitrogen and oxygen atoms in total. The van der Waals surface area contributed by atoms with Gasteiger partial charge in [0, 0.05) is 26.1 Å². The highest BCUT2D eigenvalue weighted by Gasteiger charge is 2.41. The van der Waals surface area contributed by atoms with Crippen LogP contribution in [-0.4, -0.2) is 35.9 Å². The van der Waals surface area contributed by atoms with Crippen molar-refractivity contribution in [3.63, 3.8) is 0 Å². The van der Waals surface area contributed by atoms with E-state index in [1.54, 1.807) is 19.1 Å². The van der Waals surface area contributed by atoms with Crippen molar-refractivity contribution < 1.29 is 23.8 Å². The number of aliphatic carboxylic acids is 1. The maximum absolute atomic E-state index is 12.0. The Morgan fingerprint density at radius 1 is 1.40 bits per heavy atom. The molecular weight excluding hydrogens is 264 g/mol. The molecule has 0 aromatic carbocycles. The van der Waals surface area contributed by atoms with Gasteiger partial charge in [-0.1, -0.05) is 0 Å².